The SMILES string of the molecule is CC(NCC(O)c1cccs1)c1ccoc1. The molecule has 0 aliphatic heterocycles. The highest BCUT2D eigenvalue weighted by Gasteiger charge is 2.11. The predicted molar refractivity (Wildman–Crippen MR) is 64.4 cm³/mol. The van der Waals surface area contributed by atoms with Gasteiger partial charge in [-0.15, -0.1) is 11.3 Å². The van der Waals surface area contributed by atoms with Crippen LogP contribution in [-0.4, -0.2) is 11.7 Å². The van der Waals surface area contributed by atoms with E-state index in [0.29, 0.717) is 6.54 Å². The molecule has 0 saturated carbocycles. The summed E-state index contributed by atoms with van der Waals surface area (Å²) in [7, 11) is 0. The van der Waals surface area contributed by atoms with E-state index in [4.69, 9.17) is 4.42 Å². The smallest absolute Gasteiger partial charge is 0.101 e. The van der Waals surface area contributed by atoms with Crippen LogP contribution in [0.3, 0.4) is 0 Å². The quantitative estimate of drug-likeness (QED) is 0.840. The summed E-state index contributed by atoms with van der Waals surface area (Å²) >= 11 is 1.57. The number of hydrogen-bond acceptors (Lipinski definition) is 4. The molecule has 2 heterocycles. The van der Waals surface area contributed by atoms with Crippen LogP contribution >= 0.6 is 11.3 Å². The molecule has 2 unspecified atom stereocenters. The summed E-state index contributed by atoms with van der Waals surface area (Å²) in [6.07, 6.45) is 2.94. The molecular formula is C12H15NO2S. The Bertz CT molecular complexity index is 356. The molecule has 0 aliphatic rings. The Morgan fingerprint density at radius 3 is 3.00 bits per heavy atom. The normalized spacial score (nSPS) is 14.9. The highest BCUT2D eigenvalue weighted by Crippen LogP contribution is 2.19. The monoisotopic (exact) mass is 237 g/mol. The number of thiophene rings is 1. The maximum absolute atomic E-state index is 9.88. The largest absolute Gasteiger partial charge is 0.472 e. The molecule has 2 rings (SSSR count). The number of hydrogen-bond donors (Lipinski definition) is 2. The number of nitrogens with one attached hydrogen (secondary N) is 1. The second-order valence-corrected chi connectivity index (χ2v) is 4.70. The van der Waals surface area contributed by atoms with E-state index in [0.717, 1.165) is 10.4 Å². The average Bonchev–Trinajstić information content (AvgIpc) is 2.95. The first-order chi connectivity index (χ1) is 7.77. The van der Waals surface area contributed by atoms with E-state index in [1.165, 1.54) is 0 Å². The lowest BCUT2D eigenvalue weighted by molar-refractivity contribution is 0.174. The molecule has 0 aliphatic carbocycles. The minimum absolute atomic E-state index is 0.188. The lowest BCUT2D eigenvalue weighted by atomic mass is 10.1. The fourth-order valence-electron chi connectivity index (χ4n) is 1.51. The van der Waals surface area contributed by atoms with Gasteiger partial charge in [0.05, 0.1) is 12.5 Å². The molecule has 2 aromatic rings. The van der Waals surface area contributed by atoms with Gasteiger partial charge in [0.2, 0.25) is 0 Å². The van der Waals surface area contributed by atoms with Crippen molar-refractivity contribution < 1.29 is 9.52 Å². The number of furan rings is 1. The van der Waals surface area contributed by atoms with Crippen LogP contribution in [-0.2, 0) is 0 Å². The first-order valence-electron chi connectivity index (χ1n) is 5.24. The molecule has 16 heavy (non-hydrogen) atoms. The van der Waals surface area contributed by atoms with E-state index in [-0.39, 0.29) is 6.04 Å². The van der Waals surface area contributed by atoms with E-state index >= 15 is 0 Å². The zero-order chi connectivity index (χ0) is 11.4. The fourth-order valence-corrected chi connectivity index (χ4v) is 2.22. The molecule has 0 bridgehead atoms. The molecule has 0 aromatic carbocycles. The summed E-state index contributed by atoms with van der Waals surface area (Å²) in [4.78, 5) is 0.992. The van der Waals surface area contributed by atoms with Crippen LogP contribution in [0.25, 0.3) is 0 Å². The van der Waals surface area contributed by atoms with Gasteiger partial charge in [0.25, 0.3) is 0 Å². The Labute approximate surface area is 98.7 Å². The number of aliphatic hydroxyl groups is 1. The topological polar surface area (TPSA) is 45.4 Å². The van der Waals surface area contributed by atoms with Crippen LogP contribution < -0.4 is 5.32 Å². The third kappa shape index (κ3) is 2.72. The molecule has 0 spiro atoms. The minimum atomic E-state index is -0.436. The summed E-state index contributed by atoms with van der Waals surface area (Å²) in [6.45, 7) is 2.60. The van der Waals surface area contributed by atoms with Crippen molar-refractivity contribution in [1.82, 2.24) is 5.32 Å². The molecule has 0 saturated heterocycles. The summed E-state index contributed by atoms with van der Waals surface area (Å²) in [5, 5.41) is 15.1. The zero-order valence-electron chi connectivity index (χ0n) is 9.09. The summed E-state index contributed by atoms with van der Waals surface area (Å²) in [5.41, 5.74) is 1.10. The Hall–Kier alpha value is -1.10. The molecule has 2 N–H and O–H groups in total. The second kappa shape index (κ2) is 5.30. The number of aliphatic hydroxyl groups excluding tert-OH is 1. The molecule has 86 valence electrons. The standard InChI is InChI=1S/C12H15NO2S/c1-9(10-4-5-15-8-10)13-7-11(14)12-3-2-6-16-12/h2-6,8-9,11,13-14H,7H2,1H3. The summed E-state index contributed by atoms with van der Waals surface area (Å²) < 4.78 is 5.01. The van der Waals surface area contributed by atoms with Gasteiger partial charge in [-0.1, -0.05) is 6.07 Å². The van der Waals surface area contributed by atoms with Crippen LogP contribution in [0.5, 0.6) is 0 Å². The third-order valence-corrected chi connectivity index (χ3v) is 3.51. The second-order valence-electron chi connectivity index (χ2n) is 3.72. The van der Waals surface area contributed by atoms with Gasteiger partial charge in [-0.2, -0.15) is 0 Å². The third-order valence-electron chi connectivity index (χ3n) is 2.53. The van der Waals surface area contributed by atoms with Crippen molar-refractivity contribution >= 4 is 11.3 Å². The molecule has 0 radical (unpaired) electrons. The van der Waals surface area contributed by atoms with Crippen LogP contribution in [0.2, 0.25) is 0 Å². The van der Waals surface area contributed by atoms with Crippen LogP contribution in [0.4, 0.5) is 0 Å². The van der Waals surface area contributed by atoms with Crippen molar-refractivity contribution in [2.45, 2.75) is 19.1 Å². The van der Waals surface area contributed by atoms with E-state index < -0.39 is 6.10 Å². The van der Waals surface area contributed by atoms with Gasteiger partial charge in [-0.3, -0.25) is 0 Å². The molecule has 0 fully saturated rings. The molecule has 0 amide bonds. The molecule has 2 aromatic heterocycles. The van der Waals surface area contributed by atoms with Crippen molar-refractivity contribution in [2.75, 3.05) is 6.54 Å². The van der Waals surface area contributed by atoms with Crippen LogP contribution in [0, 0.1) is 0 Å². The van der Waals surface area contributed by atoms with Gasteiger partial charge in [-0.25, -0.2) is 0 Å². The van der Waals surface area contributed by atoms with Gasteiger partial charge < -0.3 is 14.8 Å². The summed E-state index contributed by atoms with van der Waals surface area (Å²) in [5.74, 6) is 0. The Kier molecular flexibility index (Phi) is 3.77. The molecular weight excluding hydrogens is 222 g/mol. The van der Waals surface area contributed by atoms with E-state index in [1.54, 1.807) is 23.9 Å². The van der Waals surface area contributed by atoms with Crippen molar-refractivity contribution in [2.24, 2.45) is 0 Å². The van der Waals surface area contributed by atoms with Gasteiger partial charge in [-0.05, 0) is 24.4 Å². The van der Waals surface area contributed by atoms with E-state index in [1.807, 2.05) is 30.5 Å². The van der Waals surface area contributed by atoms with E-state index in [2.05, 4.69) is 5.32 Å². The highest BCUT2D eigenvalue weighted by atomic mass is 32.1. The van der Waals surface area contributed by atoms with E-state index in [9.17, 15) is 5.11 Å². The minimum Gasteiger partial charge on any atom is -0.472 e. The highest BCUT2D eigenvalue weighted by molar-refractivity contribution is 7.10. The van der Waals surface area contributed by atoms with Crippen molar-refractivity contribution in [3.8, 4) is 0 Å². The predicted octanol–water partition coefficient (Wildman–Crippen LogP) is 2.73. The van der Waals surface area contributed by atoms with Gasteiger partial charge in [0.15, 0.2) is 0 Å². The summed E-state index contributed by atoms with van der Waals surface area (Å²) in [6, 6.07) is 6.01. The molecule has 2 atom stereocenters. The average molecular weight is 237 g/mol. The van der Waals surface area contributed by atoms with Crippen LogP contribution in [0.1, 0.15) is 29.5 Å². The maximum atomic E-state index is 9.88. The first-order valence-corrected chi connectivity index (χ1v) is 6.12. The van der Waals surface area contributed by atoms with Gasteiger partial charge >= 0.3 is 0 Å². The zero-order valence-corrected chi connectivity index (χ0v) is 9.91. The number of rotatable bonds is 5. The van der Waals surface area contributed by atoms with Crippen LogP contribution in [0.15, 0.2) is 40.5 Å². The maximum Gasteiger partial charge on any atom is 0.101 e. The first kappa shape index (κ1) is 11.4. The van der Waals surface area contributed by atoms with Crippen molar-refractivity contribution in [1.29, 1.82) is 0 Å². The Morgan fingerprint density at radius 1 is 1.50 bits per heavy atom. The Balaban J connectivity index is 1.84. The fraction of sp³-hybridized carbons (Fsp3) is 0.333. The lowest BCUT2D eigenvalue weighted by Gasteiger charge is -2.15. The van der Waals surface area contributed by atoms with Crippen molar-refractivity contribution in [3.63, 3.8) is 0 Å². The Morgan fingerprint density at radius 2 is 2.38 bits per heavy atom. The lowest BCUT2D eigenvalue weighted by Crippen LogP contribution is -2.23. The van der Waals surface area contributed by atoms with Gasteiger partial charge in [0.1, 0.15) is 6.10 Å². The van der Waals surface area contributed by atoms with Gasteiger partial charge in [0, 0.05) is 23.0 Å². The van der Waals surface area contributed by atoms with Crippen molar-refractivity contribution in [3.05, 3.63) is 46.5 Å². The molecule has 3 nitrogen and oxygen atoms in total. The molecule has 4 heteroatoms.